The van der Waals surface area contributed by atoms with Crippen LogP contribution in [0.2, 0.25) is 0 Å². The summed E-state index contributed by atoms with van der Waals surface area (Å²) in [5, 5.41) is 45.3. The van der Waals surface area contributed by atoms with E-state index >= 15 is 0 Å². The van der Waals surface area contributed by atoms with Gasteiger partial charge < -0.3 is 41.5 Å². The van der Waals surface area contributed by atoms with E-state index in [0.717, 1.165) is 0 Å². The number of methoxy groups -OCH3 is 1. The van der Waals surface area contributed by atoms with E-state index in [0.29, 0.717) is 12.0 Å². The highest BCUT2D eigenvalue weighted by Gasteiger charge is 2.37. The van der Waals surface area contributed by atoms with Gasteiger partial charge in [-0.05, 0) is 17.9 Å². The molecule has 0 heterocycles. The molecule has 0 saturated heterocycles. The van der Waals surface area contributed by atoms with Crippen LogP contribution in [0.15, 0.2) is 30.3 Å². The molecule has 8 N–H and O–H groups in total. The zero-order valence-corrected chi connectivity index (χ0v) is 20.3. The summed E-state index contributed by atoms with van der Waals surface area (Å²) in [6.45, 7) is 2.96. The van der Waals surface area contributed by atoms with Crippen molar-refractivity contribution in [3.05, 3.63) is 35.9 Å². The molecule has 194 valence electrons. The smallest absolute Gasteiger partial charge is 0.307 e. The number of halogens is 1. The molecule has 1 aromatic carbocycles. The molecule has 0 unspecified atom stereocenters. The molecule has 0 aromatic heterocycles. The number of amides is 2. The van der Waals surface area contributed by atoms with Crippen LogP contribution < -0.4 is 16.4 Å². The van der Waals surface area contributed by atoms with E-state index in [9.17, 15) is 34.8 Å². The summed E-state index contributed by atoms with van der Waals surface area (Å²) >= 11 is 0. The highest BCUT2D eigenvalue weighted by Crippen LogP contribution is 2.18. The fourth-order valence-corrected chi connectivity index (χ4v) is 3.17. The van der Waals surface area contributed by atoms with E-state index in [4.69, 9.17) is 5.73 Å². The monoisotopic (exact) mass is 505 g/mol. The van der Waals surface area contributed by atoms with E-state index in [-0.39, 0.29) is 24.7 Å². The van der Waals surface area contributed by atoms with Crippen molar-refractivity contribution in [2.24, 2.45) is 11.7 Å². The molecule has 0 spiro atoms. The topological polar surface area (TPSA) is 191 Å². The van der Waals surface area contributed by atoms with E-state index in [1.165, 1.54) is 7.11 Å². The quantitative estimate of drug-likeness (QED) is 0.161. The van der Waals surface area contributed by atoms with E-state index < -0.39 is 60.8 Å². The molecule has 0 aliphatic heterocycles. The Hall–Kier alpha value is -2.28. The maximum Gasteiger partial charge on any atom is 0.307 e. The van der Waals surface area contributed by atoms with Crippen molar-refractivity contribution in [2.45, 2.75) is 63.1 Å². The van der Waals surface area contributed by atoms with E-state index in [2.05, 4.69) is 15.4 Å². The third kappa shape index (κ3) is 9.92. The summed E-state index contributed by atoms with van der Waals surface area (Å²) in [6, 6.07) is 5.29. The van der Waals surface area contributed by atoms with Crippen LogP contribution in [0.25, 0.3) is 0 Å². The number of nitrogens with one attached hydrogen (secondary N) is 2. The number of esters is 1. The number of nitrogens with two attached hydrogens (primary N) is 1. The molecule has 2 amide bonds. The first kappa shape index (κ1) is 31.7. The normalized spacial score (nSPS) is 16.3. The number of rotatable bonds is 13. The summed E-state index contributed by atoms with van der Waals surface area (Å²) in [7, 11) is 1.19. The zero-order chi connectivity index (χ0) is 25.1. The lowest BCUT2D eigenvalue weighted by Crippen LogP contribution is -2.58. The Kier molecular flexibility index (Phi) is 14.5. The maximum atomic E-state index is 12.6. The van der Waals surface area contributed by atoms with Crippen molar-refractivity contribution in [2.75, 3.05) is 13.7 Å². The molecular weight excluding hydrogens is 470 g/mol. The van der Waals surface area contributed by atoms with Gasteiger partial charge >= 0.3 is 5.97 Å². The second-order valence-electron chi connectivity index (χ2n) is 8.21. The molecule has 34 heavy (non-hydrogen) atoms. The fraction of sp³-hybridized carbons (Fsp3) is 0.591. The van der Waals surface area contributed by atoms with Crippen molar-refractivity contribution in [1.29, 1.82) is 0 Å². The van der Waals surface area contributed by atoms with Gasteiger partial charge in [-0.1, -0.05) is 44.2 Å². The van der Waals surface area contributed by atoms with Gasteiger partial charge in [0.1, 0.15) is 12.2 Å². The summed E-state index contributed by atoms with van der Waals surface area (Å²) < 4.78 is 4.64. The van der Waals surface area contributed by atoms with Gasteiger partial charge in [-0.2, -0.15) is 0 Å². The predicted octanol–water partition coefficient (Wildman–Crippen LogP) is -1.24. The second-order valence-corrected chi connectivity index (χ2v) is 8.21. The van der Waals surface area contributed by atoms with E-state index in [1.807, 2.05) is 13.8 Å². The Bertz CT molecular complexity index is 768. The van der Waals surface area contributed by atoms with E-state index in [1.54, 1.807) is 30.3 Å². The highest BCUT2D eigenvalue weighted by atomic mass is 35.5. The number of aliphatic hydroxyl groups excluding tert-OH is 4. The Morgan fingerprint density at radius 2 is 1.59 bits per heavy atom. The van der Waals surface area contributed by atoms with Crippen LogP contribution in [0, 0.1) is 5.92 Å². The number of carbonyl (C=O) groups is 3. The third-order valence-electron chi connectivity index (χ3n) is 5.06. The number of aliphatic hydroxyl groups is 4. The highest BCUT2D eigenvalue weighted by molar-refractivity contribution is 5.85. The molecule has 0 aliphatic rings. The van der Waals surface area contributed by atoms with Gasteiger partial charge in [0.25, 0.3) is 5.91 Å². The van der Waals surface area contributed by atoms with Crippen LogP contribution in [-0.4, -0.2) is 82.3 Å². The largest absolute Gasteiger partial charge is 0.469 e. The Morgan fingerprint density at radius 3 is 2.09 bits per heavy atom. The average molecular weight is 506 g/mol. The number of carbonyl (C=O) groups excluding carboxylic acids is 3. The van der Waals surface area contributed by atoms with Crippen molar-refractivity contribution in [1.82, 2.24) is 10.6 Å². The molecule has 0 fully saturated rings. The molecule has 12 heteroatoms. The van der Waals surface area contributed by atoms with Crippen molar-refractivity contribution >= 4 is 30.2 Å². The third-order valence-corrected chi connectivity index (χ3v) is 5.06. The van der Waals surface area contributed by atoms with Crippen molar-refractivity contribution in [3.63, 3.8) is 0 Å². The molecule has 1 rings (SSSR count). The predicted molar refractivity (Wildman–Crippen MR) is 126 cm³/mol. The fourth-order valence-electron chi connectivity index (χ4n) is 3.17. The van der Waals surface area contributed by atoms with Gasteiger partial charge in [0, 0.05) is 0 Å². The SMILES string of the molecule is COC(=O)C[C@H](NC(=O)[C@@H](O)[C@H](O)[C@H](O)[C@H](CO)NC(=O)[C@@H](N)CC(C)C)c1ccccc1.Cl. The molecule has 6 atom stereocenters. The average Bonchev–Trinajstić information content (AvgIpc) is 2.80. The van der Waals surface area contributed by atoms with Gasteiger partial charge in [0.15, 0.2) is 6.10 Å². The summed E-state index contributed by atoms with van der Waals surface area (Å²) in [4.78, 5) is 36.5. The van der Waals surface area contributed by atoms with Crippen LogP contribution in [0.5, 0.6) is 0 Å². The Morgan fingerprint density at radius 1 is 1.00 bits per heavy atom. The number of ether oxygens (including phenoxy) is 1. The van der Waals surface area contributed by atoms with Gasteiger partial charge in [0.2, 0.25) is 5.91 Å². The van der Waals surface area contributed by atoms with Gasteiger partial charge in [-0.25, -0.2) is 0 Å². The van der Waals surface area contributed by atoms with Crippen LogP contribution >= 0.6 is 12.4 Å². The summed E-state index contributed by atoms with van der Waals surface area (Å²) in [5.74, 6) is -2.21. The maximum absolute atomic E-state index is 12.6. The Labute approximate surface area is 205 Å². The second kappa shape index (κ2) is 15.6. The molecule has 0 aliphatic carbocycles. The summed E-state index contributed by atoms with van der Waals surface area (Å²) in [6.07, 6.45) is -5.95. The standard InChI is InChI=1S/C22H35N3O8.ClH/c1-12(2)9-14(23)21(31)25-16(11-26)18(28)19(29)20(30)22(32)24-15(10-17(27)33-3)13-7-5-4-6-8-13;/h4-8,12,14-16,18-20,26,28-30H,9-11,23H2,1-3H3,(H,24,32)(H,25,31);1H/t14-,15-,16-,18+,19+,20-;/m0./s1. The number of hydrogen-bond acceptors (Lipinski definition) is 9. The zero-order valence-electron chi connectivity index (χ0n) is 19.5. The first-order chi connectivity index (χ1) is 15.5. The summed E-state index contributed by atoms with van der Waals surface area (Å²) in [5.41, 5.74) is 6.33. The number of hydrogen-bond donors (Lipinski definition) is 7. The molecular formula is C22H36ClN3O8. The van der Waals surface area contributed by atoms with Crippen molar-refractivity contribution < 1.29 is 39.5 Å². The van der Waals surface area contributed by atoms with Gasteiger partial charge in [-0.15, -0.1) is 12.4 Å². The minimum Gasteiger partial charge on any atom is -0.469 e. The lowest BCUT2D eigenvalue weighted by molar-refractivity contribution is -0.145. The van der Waals surface area contributed by atoms with Crippen molar-refractivity contribution in [3.8, 4) is 0 Å². The Balaban J connectivity index is 0.0000109. The van der Waals surface area contributed by atoms with Crippen LogP contribution in [0.4, 0.5) is 0 Å². The molecule has 0 radical (unpaired) electrons. The molecule has 0 saturated carbocycles. The minimum atomic E-state index is -2.13. The van der Waals surface area contributed by atoms with Crippen LogP contribution in [-0.2, 0) is 19.1 Å². The lowest BCUT2D eigenvalue weighted by atomic mass is 9.98. The molecule has 11 nitrogen and oxygen atoms in total. The van der Waals surface area contributed by atoms with Crippen LogP contribution in [0.3, 0.4) is 0 Å². The first-order valence-electron chi connectivity index (χ1n) is 10.6. The molecule has 1 aromatic rings. The van der Waals surface area contributed by atoms with Gasteiger partial charge in [0.05, 0.1) is 38.3 Å². The first-order valence-corrected chi connectivity index (χ1v) is 10.6. The number of benzene rings is 1. The van der Waals surface area contributed by atoms with Gasteiger partial charge in [-0.3, -0.25) is 14.4 Å². The van der Waals surface area contributed by atoms with Crippen LogP contribution in [0.1, 0.15) is 38.3 Å². The lowest BCUT2D eigenvalue weighted by Gasteiger charge is -2.30. The molecule has 0 bridgehead atoms. The minimum absolute atomic E-state index is 0.